The molecule has 1 amide bonds. The third-order valence-electron chi connectivity index (χ3n) is 3.98. The van der Waals surface area contributed by atoms with Gasteiger partial charge in [-0.1, -0.05) is 19.3 Å². The van der Waals surface area contributed by atoms with Crippen molar-refractivity contribution in [1.82, 2.24) is 5.32 Å². The summed E-state index contributed by atoms with van der Waals surface area (Å²) in [6, 6.07) is 5.49. The molecular formula is C16H25N3O2. The molecule has 116 valence electrons. The number of amides is 1. The standard InChI is InChI=1S/C16H25N3O2/c1-21-13-7-8-14(17)15(11-13)18-9-10-19-16(20)12-5-3-2-4-6-12/h7-8,11-12,18H,2-6,9-10,17H2,1H3,(H,19,20). The molecule has 1 fully saturated rings. The second-order valence-electron chi connectivity index (χ2n) is 5.51. The van der Waals surface area contributed by atoms with Crippen LogP contribution in [0.2, 0.25) is 0 Å². The van der Waals surface area contributed by atoms with Crippen LogP contribution in [0.1, 0.15) is 32.1 Å². The zero-order valence-electron chi connectivity index (χ0n) is 12.7. The number of hydrogen-bond acceptors (Lipinski definition) is 4. The normalized spacial score (nSPS) is 15.5. The van der Waals surface area contributed by atoms with Crippen molar-refractivity contribution in [3.8, 4) is 5.75 Å². The number of rotatable bonds is 6. The molecular weight excluding hydrogens is 266 g/mol. The predicted molar refractivity (Wildman–Crippen MR) is 85.5 cm³/mol. The Morgan fingerprint density at radius 1 is 1.29 bits per heavy atom. The highest BCUT2D eigenvalue weighted by Gasteiger charge is 2.20. The first-order valence-corrected chi connectivity index (χ1v) is 7.66. The summed E-state index contributed by atoms with van der Waals surface area (Å²) in [4.78, 5) is 12.0. The lowest BCUT2D eigenvalue weighted by Gasteiger charge is -2.20. The minimum atomic E-state index is 0.190. The summed E-state index contributed by atoms with van der Waals surface area (Å²) in [6.07, 6.45) is 5.68. The van der Waals surface area contributed by atoms with E-state index in [4.69, 9.17) is 10.5 Å². The maximum atomic E-state index is 12.0. The number of carbonyl (C=O) groups is 1. The molecule has 0 atom stereocenters. The average Bonchev–Trinajstić information content (AvgIpc) is 2.53. The summed E-state index contributed by atoms with van der Waals surface area (Å²) in [6.45, 7) is 1.25. The molecule has 4 N–H and O–H groups in total. The summed E-state index contributed by atoms with van der Waals surface area (Å²) < 4.78 is 5.17. The molecule has 2 rings (SSSR count). The van der Waals surface area contributed by atoms with Crippen LogP contribution in [0, 0.1) is 5.92 Å². The van der Waals surface area contributed by atoms with E-state index >= 15 is 0 Å². The molecule has 0 heterocycles. The van der Waals surface area contributed by atoms with Crippen LogP contribution in [0.15, 0.2) is 18.2 Å². The summed E-state index contributed by atoms with van der Waals surface area (Å²) in [7, 11) is 1.62. The smallest absolute Gasteiger partial charge is 0.223 e. The van der Waals surface area contributed by atoms with Crippen molar-refractivity contribution in [2.45, 2.75) is 32.1 Å². The van der Waals surface area contributed by atoms with Crippen molar-refractivity contribution in [2.75, 3.05) is 31.2 Å². The van der Waals surface area contributed by atoms with E-state index < -0.39 is 0 Å². The van der Waals surface area contributed by atoms with Gasteiger partial charge in [-0.3, -0.25) is 4.79 Å². The fourth-order valence-corrected chi connectivity index (χ4v) is 2.71. The van der Waals surface area contributed by atoms with Gasteiger partial charge in [0.25, 0.3) is 0 Å². The van der Waals surface area contributed by atoms with Gasteiger partial charge in [0.1, 0.15) is 5.75 Å². The largest absolute Gasteiger partial charge is 0.497 e. The van der Waals surface area contributed by atoms with Gasteiger partial charge in [-0.25, -0.2) is 0 Å². The van der Waals surface area contributed by atoms with Crippen LogP contribution in [-0.4, -0.2) is 26.1 Å². The Hall–Kier alpha value is -1.91. The first-order valence-electron chi connectivity index (χ1n) is 7.66. The predicted octanol–water partition coefficient (Wildman–Crippen LogP) is 2.39. The third-order valence-corrected chi connectivity index (χ3v) is 3.98. The fraction of sp³-hybridized carbons (Fsp3) is 0.562. The first-order chi connectivity index (χ1) is 10.2. The van der Waals surface area contributed by atoms with Gasteiger partial charge in [-0.2, -0.15) is 0 Å². The SMILES string of the molecule is COc1ccc(N)c(NCCNC(=O)C2CCCCC2)c1. The highest BCUT2D eigenvalue weighted by Crippen LogP contribution is 2.24. The molecule has 1 aromatic rings. The molecule has 1 saturated carbocycles. The van der Waals surface area contributed by atoms with Gasteiger partial charge in [-0.15, -0.1) is 0 Å². The molecule has 5 nitrogen and oxygen atoms in total. The summed E-state index contributed by atoms with van der Waals surface area (Å²) in [5, 5.41) is 6.22. The average molecular weight is 291 g/mol. The lowest BCUT2D eigenvalue weighted by Crippen LogP contribution is -2.35. The number of ether oxygens (including phenoxy) is 1. The van der Waals surface area contributed by atoms with Gasteiger partial charge in [0, 0.05) is 25.1 Å². The lowest BCUT2D eigenvalue weighted by molar-refractivity contribution is -0.125. The van der Waals surface area contributed by atoms with Crippen LogP contribution in [0.3, 0.4) is 0 Å². The van der Waals surface area contributed by atoms with Crippen LogP contribution in [0.25, 0.3) is 0 Å². The molecule has 0 spiro atoms. The second kappa shape index (κ2) is 7.76. The number of methoxy groups -OCH3 is 1. The van der Waals surface area contributed by atoms with Gasteiger partial charge in [-0.05, 0) is 25.0 Å². The van der Waals surface area contributed by atoms with E-state index in [1.165, 1.54) is 19.3 Å². The zero-order valence-corrected chi connectivity index (χ0v) is 12.7. The van der Waals surface area contributed by atoms with Crippen LogP contribution in [0.5, 0.6) is 5.75 Å². The van der Waals surface area contributed by atoms with Crippen LogP contribution < -0.4 is 21.1 Å². The van der Waals surface area contributed by atoms with Crippen molar-refractivity contribution in [3.63, 3.8) is 0 Å². The van der Waals surface area contributed by atoms with Crippen LogP contribution >= 0.6 is 0 Å². The summed E-state index contributed by atoms with van der Waals surface area (Å²) >= 11 is 0. The van der Waals surface area contributed by atoms with Crippen molar-refractivity contribution in [1.29, 1.82) is 0 Å². The van der Waals surface area contributed by atoms with E-state index in [9.17, 15) is 4.79 Å². The molecule has 0 bridgehead atoms. The monoisotopic (exact) mass is 291 g/mol. The molecule has 5 heteroatoms. The summed E-state index contributed by atoms with van der Waals surface area (Å²) in [5.41, 5.74) is 7.41. The molecule has 0 saturated heterocycles. The van der Waals surface area contributed by atoms with Gasteiger partial charge < -0.3 is 21.1 Å². The Morgan fingerprint density at radius 2 is 2.05 bits per heavy atom. The minimum absolute atomic E-state index is 0.190. The Balaban J connectivity index is 1.73. The van der Waals surface area contributed by atoms with Gasteiger partial charge in [0.2, 0.25) is 5.91 Å². The first kappa shape index (κ1) is 15.5. The van der Waals surface area contributed by atoms with Crippen molar-refractivity contribution >= 4 is 17.3 Å². The topological polar surface area (TPSA) is 76.4 Å². The van der Waals surface area contributed by atoms with E-state index in [0.29, 0.717) is 18.8 Å². The molecule has 0 aliphatic heterocycles. The maximum absolute atomic E-state index is 12.0. The van der Waals surface area contributed by atoms with E-state index in [2.05, 4.69) is 10.6 Å². The van der Waals surface area contributed by atoms with Crippen molar-refractivity contribution in [2.24, 2.45) is 5.92 Å². The Morgan fingerprint density at radius 3 is 2.76 bits per heavy atom. The maximum Gasteiger partial charge on any atom is 0.223 e. The molecule has 1 aliphatic carbocycles. The number of carbonyl (C=O) groups excluding carboxylic acids is 1. The highest BCUT2D eigenvalue weighted by molar-refractivity contribution is 5.78. The number of nitrogen functional groups attached to an aromatic ring is 1. The van der Waals surface area contributed by atoms with Crippen LogP contribution in [0.4, 0.5) is 11.4 Å². The number of nitrogens with one attached hydrogen (secondary N) is 2. The minimum Gasteiger partial charge on any atom is -0.497 e. The van der Waals surface area contributed by atoms with Crippen molar-refractivity contribution in [3.05, 3.63) is 18.2 Å². The van der Waals surface area contributed by atoms with Gasteiger partial charge in [0.05, 0.1) is 18.5 Å². The number of hydrogen-bond donors (Lipinski definition) is 3. The van der Waals surface area contributed by atoms with Crippen molar-refractivity contribution < 1.29 is 9.53 Å². The molecule has 0 radical (unpaired) electrons. The number of benzene rings is 1. The van der Waals surface area contributed by atoms with E-state index in [1.807, 2.05) is 18.2 Å². The lowest BCUT2D eigenvalue weighted by atomic mass is 9.89. The fourth-order valence-electron chi connectivity index (χ4n) is 2.71. The Bertz CT molecular complexity index is 471. The number of anilines is 2. The zero-order chi connectivity index (χ0) is 15.1. The Kier molecular flexibility index (Phi) is 5.72. The molecule has 21 heavy (non-hydrogen) atoms. The highest BCUT2D eigenvalue weighted by atomic mass is 16.5. The third kappa shape index (κ3) is 4.55. The molecule has 1 aromatic carbocycles. The summed E-state index contributed by atoms with van der Waals surface area (Å²) in [5.74, 6) is 1.16. The van der Waals surface area contributed by atoms with E-state index in [1.54, 1.807) is 7.11 Å². The second-order valence-corrected chi connectivity index (χ2v) is 5.51. The van der Waals surface area contributed by atoms with Gasteiger partial charge in [0.15, 0.2) is 0 Å². The van der Waals surface area contributed by atoms with Gasteiger partial charge >= 0.3 is 0 Å². The van der Waals surface area contributed by atoms with E-state index in [-0.39, 0.29) is 11.8 Å². The van der Waals surface area contributed by atoms with Crippen LogP contribution in [-0.2, 0) is 4.79 Å². The van der Waals surface area contributed by atoms with E-state index in [0.717, 1.165) is 24.3 Å². The Labute approximate surface area is 126 Å². The quantitative estimate of drug-likeness (QED) is 0.555. The number of nitrogens with two attached hydrogens (primary N) is 1. The molecule has 0 unspecified atom stereocenters. The molecule has 0 aromatic heterocycles. The molecule has 1 aliphatic rings.